The Morgan fingerprint density at radius 2 is 0.455 bits per heavy atom. The molecule has 0 unspecified atom stereocenters. The minimum absolute atomic E-state index is 0. The van der Waals surface area contributed by atoms with Gasteiger partial charge in [-0.3, -0.25) is 0 Å². The van der Waals surface area contributed by atoms with Gasteiger partial charge in [-0.05, 0) is 0 Å². The summed E-state index contributed by atoms with van der Waals surface area (Å²) < 4.78 is 78.8. The number of halogens is 8. The van der Waals surface area contributed by atoms with Crippen molar-refractivity contribution < 1.29 is 47.7 Å². The van der Waals surface area contributed by atoms with Crippen LogP contribution in [0, 0.1) is 0 Å². The van der Waals surface area contributed by atoms with E-state index in [1.165, 1.54) is 0 Å². The van der Waals surface area contributed by atoms with Crippen molar-refractivity contribution in [3.05, 3.63) is 0 Å². The quantitative estimate of drug-likeness (QED) is 0.469. The third-order valence-electron chi connectivity index (χ3n) is 0. The maximum absolute atomic E-state index is 9.85. The molecule has 0 aliphatic rings. The molecule has 0 aliphatic heterocycles. The van der Waals surface area contributed by atoms with Gasteiger partial charge < -0.3 is 28.2 Å². The first-order chi connectivity index (χ1) is 4.00. The van der Waals surface area contributed by atoms with Crippen molar-refractivity contribution in [3.8, 4) is 0 Å². The van der Waals surface area contributed by atoms with Crippen LogP contribution in [0.4, 0.5) is 28.2 Å². The van der Waals surface area contributed by atoms with Gasteiger partial charge in [0.15, 0.2) is 0 Å². The topological polar surface area (TPSA) is 0 Å². The van der Waals surface area contributed by atoms with Crippen LogP contribution in [0.1, 0.15) is 0 Å². The zero-order valence-electron chi connectivity index (χ0n) is 4.89. The van der Waals surface area contributed by atoms with E-state index in [0.717, 1.165) is 0 Å². The molecular weight excluding hydrogens is 271 g/mol. The van der Waals surface area contributed by atoms with Crippen molar-refractivity contribution in [2.75, 3.05) is 0 Å². The summed E-state index contributed by atoms with van der Waals surface area (Å²) in [7, 11) is 0. The van der Waals surface area contributed by atoms with E-state index < -0.39 is 29.8 Å². The van der Waals surface area contributed by atoms with Gasteiger partial charge in [-0.2, -0.15) is 0 Å². The molecule has 0 saturated carbocycles. The number of rotatable bonds is 0. The fraction of sp³-hybridized carbons (Fsp3) is 0. The third kappa shape index (κ3) is 728. The molecule has 0 amide bonds. The van der Waals surface area contributed by atoms with E-state index in [4.69, 9.17) is 0 Å². The molecule has 0 nitrogen and oxygen atoms in total. The Kier molecular flexibility index (Phi) is 10.9. The molecule has 64 valence electrons. The van der Waals surface area contributed by atoms with E-state index in [9.17, 15) is 28.2 Å². The SMILES string of the molecule is [F][Al-]([F])([F])[F].[F][Al-]([F])([F])[F].[Zn+2]. The van der Waals surface area contributed by atoms with E-state index in [0.29, 0.717) is 0 Å². The van der Waals surface area contributed by atoms with Crippen molar-refractivity contribution >= 4 is 29.8 Å². The van der Waals surface area contributed by atoms with Gasteiger partial charge in [-0.25, -0.2) is 0 Å². The van der Waals surface area contributed by atoms with Gasteiger partial charge >= 0.3 is 49.3 Å². The largest absolute Gasteiger partial charge is 2.00 e. The fourth-order valence-electron chi connectivity index (χ4n) is 0. The minimum atomic E-state index is -6.83. The van der Waals surface area contributed by atoms with E-state index in [1.807, 2.05) is 0 Å². The van der Waals surface area contributed by atoms with Crippen LogP contribution in [0.5, 0.6) is 0 Å². The van der Waals surface area contributed by atoms with E-state index >= 15 is 0 Å². The molecule has 0 fully saturated rings. The molecular formula is Al2F8Zn. The molecule has 0 atom stereocenters. The molecule has 0 N–H and O–H groups in total. The second-order valence-corrected chi connectivity index (χ2v) is 2.97. The number of hydrogen-bond acceptors (Lipinski definition) is 0. The molecule has 0 radical (unpaired) electrons. The van der Waals surface area contributed by atoms with Gasteiger partial charge in [-0.1, -0.05) is 0 Å². The monoisotopic (exact) mass is 270 g/mol. The molecule has 0 aromatic heterocycles. The van der Waals surface area contributed by atoms with Crippen molar-refractivity contribution in [3.63, 3.8) is 0 Å². The first kappa shape index (κ1) is 18.0. The Labute approximate surface area is 77.5 Å². The predicted octanol–water partition coefficient (Wildman–Crippen LogP) is 2.60. The molecule has 11 heavy (non-hydrogen) atoms. The van der Waals surface area contributed by atoms with Gasteiger partial charge in [0, 0.05) is 0 Å². The van der Waals surface area contributed by atoms with Gasteiger partial charge in [0.2, 0.25) is 0 Å². The first-order valence-electron chi connectivity index (χ1n) is 1.75. The molecule has 0 aliphatic carbocycles. The van der Waals surface area contributed by atoms with Gasteiger partial charge in [0.25, 0.3) is 0 Å². The first-order valence-corrected chi connectivity index (χ1v) is 5.24. The van der Waals surface area contributed by atoms with E-state index in [-0.39, 0.29) is 19.5 Å². The summed E-state index contributed by atoms with van der Waals surface area (Å²) in [6, 6.07) is 0. The van der Waals surface area contributed by atoms with Crippen LogP contribution in [0.3, 0.4) is 0 Å². The van der Waals surface area contributed by atoms with E-state index in [1.54, 1.807) is 0 Å². The van der Waals surface area contributed by atoms with Gasteiger partial charge in [0.1, 0.15) is 0 Å². The maximum Gasteiger partial charge on any atom is 2.00 e. The molecule has 0 heterocycles. The molecule has 0 bridgehead atoms. The van der Waals surface area contributed by atoms with Crippen LogP contribution in [-0.4, -0.2) is 29.8 Å². The number of hydrogen-bond donors (Lipinski definition) is 0. The summed E-state index contributed by atoms with van der Waals surface area (Å²) in [5.41, 5.74) is 0. The average Bonchev–Trinajstić information content (AvgIpc) is 1.12. The van der Waals surface area contributed by atoms with Crippen molar-refractivity contribution in [2.45, 2.75) is 0 Å². The fourth-order valence-corrected chi connectivity index (χ4v) is 0. The average molecular weight is 271 g/mol. The smallest absolute Gasteiger partial charge is 0.510 e. The molecule has 0 saturated heterocycles. The summed E-state index contributed by atoms with van der Waals surface area (Å²) in [6.45, 7) is 0. The molecule has 0 aromatic carbocycles. The molecule has 0 aromatic rings. The van der Waals surface area contributed by atoms with Crippen LogP contribution in [0.15, 0.2) is 0 Å². The van der Waals surface area contributed by atoms with Crippen molar-refractivity contribution in [1.82, 2.24) is 0 Å². The van der Waals surface area contributed by atoms with Gasteiger partial charge in [0.05, 0.1) is 0 Å². The summed E-state index contributed by atoms with van der Waals surface area (Å²) in [6.07, 6.45) is 0. The summed E-state index contributed by atoms with van der Waals surface area (Å²) >= 11 is -13.7. The van der Waals surface area contributed by atoms with Crippen molar-refractivity contribution in [2.24, 2.45) is 0 Å². The molecule has 0 rings (SSSR count). The molecule has 11 heteroatoms. The Hall–Kier alpha value is 1.13. The Bertz CT molecular complexity index is 55.1. The predicted molar refractivity (Wildman–Crippen MR) is 20.4 cm³/mol. The standard InChI is InChI=1S/2Al.8FH.Zn/h;;8*1H;/q2*+3;;;;;;;;;+2/p-8. The second-order valence-electron chi connectivity index (χ2n) is 0.990. The van der Waals surface area contributed by atoms with Gasteiger partial charge in [-0.15, -0.1) is 0 Å². The summed E-state index contributed by atoms with van der Waals surface area (Å²) in [5.74, 6) is 0. The third-order valence-corrected chi connectivity index (χ3v) is 0. The Balaban J connectivity index is -0.000000107. The minimum Gasteiger partial charge on any atom is -0.510 e. The van der Waals surface area contributed by atoms with Crippen LogP contribution < -0.4 is 0 Å². The Morgan fingerprint density at radius 1 is 0.455 bits per heavy atom. The Morgan fingerprint density at radius 3 is 0.455 bits per heavy atom. The van der Waals surface area contributed by atoms with Crippen LogP contribution >= 0.6 is 0 Å². The van der Waals surface area contributed by atoms with Crippen molar-refractivity contribution in [1.29, 1.82) is 0 Å². The summed E-state index contributed by atoms with van der Waals surface area (Å²) in [5, 5.41) is 0. The van der Waals surface area contributed by atoms with Crippen LogP contribution in [0.2, 0.25) is 0 Å². The maximum atomic E-state index is 9.85. The normalized spacial score (nSPS) is 10.9. The zero-order chi connectivity index (χ0) is 9.00. The summed E-state index contributed by atoms with van der Waals surface area (Å²) in [4.78, 5) is 0. The van der Waals surface area contributed by atoms with Crippen LogP contribution in [0.25, 0.3) is 0 Å². The van der Waals surface area contributed by atoms with Crippen LogP contribution in [-0.2, 0) is 19.5 Å². The molecule has 0 spiro atoms. The second kappa shape index (κ2) is 6.62. The zero-order valence-corrected chi connectivity index (χ0v) is 10.2. The van der Waals surface area contributed by atoms with E-state index in [2.05, 4.69) is 0 Å².